The number of hydrogen-bond donors (Lipinski definition) is 2. The lowest BCUT2D eigenvalue weighted by molar-refractivity contribution is -0.137. The molecule has 0 aliphatic carbocycles. The summed E-state index contributed by atoms with van der Waals surface area (Å²) < 4.78 is 38.3. The van der Waals surface area contributed by atoms with Gasteiger partial charge in [-0.2, -0.15) is 13.2 Å². The standard InChI is InChI=1S/C9H5ClF3N3OS/c10-5-3-4(9(11,12)13)1-2-6(5)16-7(17)14-15-8(16)18/h1-3H,(H,14,17)(H,15,18). The molecule has 0 spiro atoms. The molecule has 2 aromatic rings. The number of halogens is 4. The van der Waals surface area contributed by atoms with Gasteiger partial charge in [-0.25, -0.2) is 14.5 Å². The van der Waals surface area contributed by atoms with E-state index in [-0.39, 0.29) is 15.5 Å². The number of aromatic amines is 2. The molecule has 1 aromatic carbocycles. The van der Waals surface area contributed by atoms with Gasteiger partial charge in [0.2, 0.25) is 4.77 Å². The Morgan fingerprint density at radius 3 is 2.39 bits per heavy atom. The fourth-order valence-corrected chi connectivity index (χ4v) is 1.89. The Balaban J connectivity index is 2.63. The van der Waals surface area contributed by atoms with Crippen LogP contribution in [0.3, 0.4) is 0 Å². The van der Waals surface area contributed by atoms with E-state index in [1.165, 1.54) is 0 Å². The van der Waals surface area contributed by atoms with Crippen LogP contribution in [0.25, 0.3) is 5.69 Å². The average Bonchev–Trinajstić information content (AvgIpc) is 2.58. The summed E-state index contributed by atoms with van der Waals surface area (Å²) in [4.78, 5) is 11.4. The third-order valence-electron chi connectivity index (χ3n) is 2.20. The molecule has 0 amide bonds. The summed E-state index contributed by atoms with van der Waals surface area (Å²) in [5.41, 5.74) is -1.42. The number of alkyl halides is 3. The molecule has 0 saturated carbocycles. The summed E-state index contributed by atoms with van der Waals surface area (Å²) >= 11 is 10.6. The van der Waals surface area contributed by atoms with Crippen LogP contribution in [0.5, 0.6) is 0 Å². The van der Waals surface area contributed by atoms with Crippen molar-refractivity contribution in [3.8, 4) is 5.69 Å². The van der Waals surface area contributed by atoms with Crippen molar-refractivity contribution < 1.29 is 13.2 Å². The average molecular weight is 296 g/mol. The van der Waals surface area contributed by atoms with Crippen LogP contribution < -0.4 is 5.69 Å². The Kier molecular flexibility index (Phi) is 3.07. The van der Waals surface area contributed by atoms with E-state index in [2.05, 4.69) is 10.2 Å². The molecule has 0 unspecified atom stereocenters. The van der Waals surface area contributed by atoms with Crippen molar-refractivity contribution in [2.24, 2.45) is 0 Å². The van der Waals surface area contributed by atoms with E-state index in [0.29, 0.717) is 0 Å². The van der Waals surface area contributed by atoms with Gasteiger partial charge in [0.1, 0.15) is 0 Å². The largest absolute Gasteiger partial charge is 0.416 e. The SMILES string of the molecule is O=c1[nH][nH]c(=S)n1-c1ccc(C(F)(F)F)cc1Cl. The smallest absolute Gasteiger partial charge is 0.272 e. The molecule has 0 aliphatic rings. The molecule has 4 nitrogen and oxygen atoms in total. The number of H-pyrrole nitrogens is 2. The molecule has 1 heterocycles. The van der Waals surface area contributed by atoms with Crippen LogP contribution in [0.4, 0.5) is 13.2 Å². The zero-order valence-electron chi connectivity index (χ0n) is 8.51. The minimum absolute atomic E-state index is 0.0154. The van der Waals surface area contributed by atoms with E-state index in [4.69, 9.17) is 23.8 Å². The van der Waals surface area contributed by atoms with Crippen molar-refractivity contribution in [2.75, 3.05) is 0 Å². The zero-order chi connectivity index (χ0) is 13.5. The molecule has 2 N–H and O–H groups in total. The van der Waals surface area contributed by atoms with Crippen LogP contribution >= 0.6 is 23.8 Å². The van der Waals surface area contributed by atoms with Crippen LogP contribution in [0.15, 0.2) is 23.0 Å². The van der Waals surface area contributed by atoms with Gasteiger partial charge in [0.15, 0.2) is 0 Å². The van der Waals surface area contributed by atoms with Gasteiger partial charge < -0.3 is 0 Å². The predicted molar refractivity (Wildman–Crippen MR) is 61.6 cm³/mol. The van der Waals surface area contributed by atoms with E-state index < -0.39 is 17.4 Å². The molecule has 0 bridgehead atoms. The third-order valence-corrected chi connectivity index (χ3v) is 2.79. The lowest BCUT2D eigenvalue weighted by Crippen LogP contribution is -2.15. The maximum atomic E-state index is 12.4. The molecular weight excluding hydrogens is 291 g/mol. The number of hydrogen-bond acceptors (Lipinski definition) is 2. The number of rotatable bonds is 1. The molecule has 0 atom stereocenters. The van der Waals surface area contributed by atoms with Crippen LogP contribution in [0, 0.1) is 4.77 Å². The van der Waals surface area contributed by atoms with Gasteiger partial charge in [0.05, 0.1) is 16.3 Å². The van der Waals surface area contributed by atoms with E-state index in [1.54, 1.807) is 0 Å². The summed E-state index contributed by atoms with van der Waals surface area (Å²) in [7, 11) is 0. The van der Waals surface area contributed by atoms with E-state index >= 15 is 0 Å². The first-order chi connectivity index (χ1) is 8.30. The maximum absolute atomic E-state index is 12.4. The maximum Gasteiger partial charge on any atom is 0.416 e. The van der Waals surface area contributed by atoms with Gasteiger partial charge in [-0.15, -0.1) is 0 Å². The number of benzene rings is 1. The van der Waals surface area contributed by atoms with Crippen molar-refractivity contribution in [3.05, 3.63) is 44.0 Å². The first-order valence-electron chi connectivity index (χ1n) is 4.57. The second kappa shape index (κ2) is 4.29. The Morgan fingerprint density at radius 2 is 1.94 bits per heavy atom. The van der Waals surface area contributed by atoms with Gasteiger partial charge in [-0.05, 0) is 30.4 Å². The van der Waals surface area contributed by atoms with Crippen molar-refractivity contribution in [2.45, 2.75) is 6.18 Å². The highest BCUT2D eigenvalue weighted by Gasteiger charge is 2.31. The molecule has 96 valence electrons. The Bertz CT molecular complexity index is 673. The Labute approximate surface area is 108 Å². The first kappa shape index (κ1) is 12.9. The quantitative estimate of drug-likeness (QED) is 0.795. The highest BCUT2D eigenvalue weighted by atomic mass is 35.5. The fourth-order valence-electron chi connectivity index (χ4n) is 1.39. The van der Waals surface area contributed by atoms with Crippen molar-refractivity contribution in [1.29, 1.82) is 0 Å². The number of nitrogens with zero attached hydrogens (tertiary/aromatic N) is 1. The Morgan fingerprint density at radius 1 is 1.28 bits per heavy atom. The van der Waals surface area contributed by atoms with Crippen molar-refractivity contribution in [1.82, 2.24) is 14.8 Å². The van der Waals surface area contributed by atoms with Crippen LogP contribution in [-0.4, -0.2) is 14.8 Å². The van der Waals surface area contributed by atoms with Gasteiger partial charge in [0.25, 0.3) is 0 Å². The topological polar surface area (TPSA) is 53.6 Å². The highest BCUT2D eigenvalue weighted by Crippen LogP contribution is 2.32. The minimum atomic E-state index is -4.49. The first-order valence-corrected chi connectivity index (χ1v) is 5.36. The monoisotopic (exact) mass is 295 g/mol. The van der Waals surface area contributed by atoms with E-state index in [9.17, 15) is 18.0 Å². The van der Waals surface area contributed by atoms with Gasteiger partial charge in [0, 0.05) is 0 Å². The molecule has 0 aliphatic heterocycles. The summed E-state index contributed by atoms with van der Waals surface area (Å²) in [5, 5.41) is 4.36. The molecule has 9 heteroatoms. The molecule has 18 heavy (non-hydrogen) atoms. The van der Waals surface area contributed by atoms with Crippen molar-refractivity contribution in [3.63, 3.8) is 0 Å². The van der Waals surface area contributed by atoms with Gasteiger partial charge in [-0.1, -0.05) is 11.6 Å². The van der Waals surface area contributed by atoms with Crippen molar-refractivity contribution >= 4 is 23.8 Å². The van der Waals surface area contributed by atoms with Gasteiger partial charge >= 0.3 is 11.9 Å². The highest BCUT2D eigenvalue weighted by molar-refractivity contribution is 7.71. The van der Waals surface area contributed by atoms with Crippen LogP contribution in [0.2, 0.25) is 5.02 Å². The normalized spacial score (nSPS) is 11.8. The minimum Gasteiger partial charge on any atom is -0.272 e. The van der Waals surface area contributed by atoms with Crippen LogP contribution in [0.1, 0.15) is 5.56 Å². The molecule has 1 aromatic heterocycles. The van der Waals surface area contributed by atoms with E-state index in [0.717, 1.165) is 22.8 Å². The fraction of sp³-hybridized carbons (Fsp3) is 0.111. The number of nitrogens with one attached hydrogen (secondary N) is 2. The summed E-state index contributed by atoms with van der Waals surface area (Å²) in [6.45, 7) is 0. The summed E-state index contributed by atoms with van der Waals surface area (Å²) in [6.07, 6.45) is -4.49. The number of aromatic nitrogens is 3. The summed E-state index contributed by atoms with van der Waals surface area (Å²) in [6, 6.07) is 2.66. The molecule has 2 rings (SSSR count). The van der Waals surface area contributed by atoms with Crippen LogP contribution in [-0.2, 0) is 6.18 Å². The lowest BCUT2D eigenvalue weighted by Gasteiger charge is -2.09. The lowest BCUT2D eigenvalue weighted by atomic mass is 10.2. The third kappa shape index (κ3) is 2.21. The second-order valence-electron chi connectivity index (χ2n) is 3.36. The molecule has 0 radical (unpaired) electrons. The van der Waals surface area contributed by atoms with Gasteiger partial charge in [-0.3, -0.25) is 5.10 Å². The predicted octanol–water partition coefficient (Wildman–Crippen LogP) is 2.90. The molecule has 0 fully saturated rings. The zero-order valence-corrected chi connectivity index (χ0v) is 10.1. The second-order valence-corrected chi connectivity index (χ2v) is 4.15. The molecule has 0 saturated heterocycles. The Hall–Kier alpha value is -1.54. The van der Waals surface area contributed by atoms with E-state index in [1.807, 2.05) is 0 Å². The summed E-state index contributed by atoms with van der Waals surface area (Å²) in [5.74, 6) is 0. The molecular formula is C9H5ClF3N3OS.